The van der Waals surface area contributed by atoms with E-state index in [2.05, 4.69) is 61.1 Å². The lowest BCUT2D eigenvalue weighted by Gasteiger charge is -2.22. The first-order valence-electron chi connectivity index (χ1n) is 5.55. The lowest BCUT2D eigenvalue weighted by atomic mass is 10.1. The molecule has 0 bridgehead atoms. The van der Waals surface area contributed by atoms with Crippen LogP contribution in [0.1, 0.15) is 11.6 Å². The zero-order valence-electron chi connectivity index (χ0n) is 10.1. The lowest BCUT2D eigenvalue weighted by Crippen LogP contribution is -2.26. The van der Waals surface area contributed by atoms with E-state index in [1.807, 2.05) is 0 Å². The summed E-state index contributed by atoms with van der Waals surface area (Å²) in [5, 5.41) is 1.30. The Morgan fingerprint density at radius 3 is 2.62 bits per heavy atom. The fraction of sp³-hybridized carbons (Fsp3) is 0.385. The minimum atomic E-state index is 0.283. The Balaban J connectivity index is 2.60. The summed E-state index contributed by atoms with van der Waals surface area (Å²) in [7, 11) is 6.22. The van der Waals surface area contributed by atoms with Crippen LogP contribution < -0.4 is 5.73 Å². The number of hydrogen-bond acceptors (Lipinski definition) is 2. The highest BCUT2D eigenvalue weighted by atomic mass is 15.1. The van der Waals surface area contributed by atoms with Gasteiger partial charge in [0.05, 0.1) is 0 Å². The molecule has 0 amide bonds. The molecular weight excluding hydrogens is 198 g/mol. The van der Waals surface area contributed by atoms with E-state index >= 15 is 0 Å². The van der Waals surface area contributed by atoms with E-state index in [0.717, 1.165) is 0 Å². The molecule has 1 heterocycles. The van der Waals surface area contributed by atoms with Gasteiger partial charge in [0.1, 0.15) is 0 Å². The molecule has 0 unspecified atom stereocenters. The smallest absolute Gasteiger partial charge is 0.0485 e. The van der Waals surface area contributed by atoms with Crippen molar-refractivity contribution < 1.29 is 0 Å². The molecule has 2 aromatic rings. The third-order valence-electron chi connectivity index (χ3n) is 3.13. The molecule has 0 saturated heterocycles. The minimum absolute atomic E-state index is 0.283. The van der Waals surface area contributed by atoms with Crippen molar-refractivity contribution in [3.05, 3.63) is 36.0 Å². The molecule has 0 aliphatic carbocycles. The highest BCUT2D eigenvalue weighted by Crippen LogP contribution is 2.27. The van der Waals surface area contributed by atoms with Gasteiger partial charge in [0.2, 0.25) is 0 Å². The number of hydrogen-bond donors (Lipinski definition) is 1. The minimum Gasteiger partial charge on any atom is -0.350 e. The van der Waals surface area contributed by atoms with Gasteiger partial charge in [-0.15, -0.1) is 0 Å². The Labute approximate surface area is 96.5 Å². The Bertz CT molecular complexity index is 485. The van der Waals surface area contributed by atoms with E-state index in [-0.39, 0.29) is 6.04 Å². The number of likely N-dealkylation sites (N-methyl/N-ethyl adjacent to an activating group) is 1. The molecule has 3 heteroatoms. The second kappa shape index (κ2) is 4.28. The Morgan fingerprint density at radius 2 is 2.00 bits per heavy atom. The lowest BCUT2D eigenvalue weighted by molar-refractivity contribution is 0.307. The van der Waals surface area contributed by atoms with Crippen molar-refractivity contribution in [2.45, 2.75) is 6.04 Å². The van der Waals surface area contributed by atoms with Gasteiger partial charge in [-0.2, -0.15) is 0 Å². The van der Waals surface area contributed by atoms with Crippen molar-refractivity contribution in [2.24, 2.45) is 12.8 Å². The third-order valence-corrected chi connectivity index (χ3v) is 3.13. The molecule has 1 aromatic carbocycles. The summed E-state index contributed by atoms with van der Waals surface area (Å²) in [5.41, 5.74) is 8.43. The molecule has 0 fully saturated rings. The first-order valence-corrected chi connectivity index (χ1v) is 5.55. The molecule has 0 aliphatic heterocycles. The summed E-state index contributed by atoms with van der Waals surface area (Å²) in [6.45, 7) is 0.640. The normalized spacial score (nSPS) is 13.6. The number of rotatable bonds is 3. The van der Waals surface area contributed by atoms with Gasteiger partial charge in [0, 0.05) is 36.7 Å². The molecule has 0 aliphatic rings. The van der Waals surface area contributed by atoms with Gasteiger partial charge in [0.15, 0.2) is 0 Å². The Morgan fingerprint density at radius 1 is 1.31 bits per heavy atom. The number of nitrogens with zero attached hydrogens (tertiary/aromatic N) is 2. The van der Waals surface area contributed by atoms with Crippen molar-refractivity contribution in [1.82, 2.24) is 9.47 Å². The van der Waals surface area contributed by atoms with E-state index in [0.29, 0.717) is 6.54 Å². The Hall–Kier alpha value is -1.32. The van der Waals surface area contributed by atoms with Gasteiger partial charge < -0.3 is 15.2 Å². The van der Waals surface area contributed by atoms with E-state index < -0.39 is 0 Å². The molecule has 3 nitrogen and oxygen atoms in total. The highest BCUT2D eigenvalue weighted by molar-refractivity contribution is 5.84. The number of aryl methyl sites for hydroxylation is 1. The van der Waals surface area contributed by atoms with Crippen LogP contribution in [0.4, 0.5) is 0 Å². The van der Waals surface area contributed by atoms with Crippen molar-refractivity contribution in [3.8, 4) is 0 Å². The van der Waals surface area contributed by atoms with Crippen LogP contribution in [0.5, 0.6) is 0 Å². The first-order chi connectivity index (χ1) is 7.65. The van der Waals surface area contributed by atoms with Crippen molar-refractivity contribution in [2.75, 3.05) is 20.6 Å². The Kier molecular flexibility index (Phi) is 2.99. The molecule has 1 atom stereocenters. The number of benzene rings is 1. The molecule has 16 heavy (non-hydrogen) atoms. The summed E-state index contributed by atoms with van der Waals surface area (Å²) in [6.07, 6.45) is 2.18. The average Bonchev–Trinajstić information content (AvgIpc) is 2.58. The molecule has 86 valence electrons. The van der Waals surface area contributed by atoms with E-state index in [9.17, 15) is 0 Å². The molecule has 0 saturated carbocycles. The molecular formula is C13H19N3. The van der Waals surface area contributed by atoms with Crippen LogP contribution in [0, 0.1) is 0 Å². The van der Waals surface area contributed by atoms with Gasteiger partial charge >= 0.3 is 0 Å². The molecule has 0 radical (unpaired) electrons. The van der Waals surface area contributed by atoms with Crippen molar-refractivity contribution in [1.29, 1.82) is 0 Å². The van der Waals surface area contributed by atoms with Crippen LogP contribution in [-0.4, -0.2) is 30.1 Å². The summed E-state index contributed by atoms with van der Waals surface area (Å²) >= 11 is 0. The van der Waals surface area contributed by atoms with E-state index in [1.54, 1.807) is 0 Å². The van der Waals surface area contributed by atoms with Gasteiger partial charge in [-0.3, -0.25) is 0 Å². The summed E-state index contributed by atoms with van der Waals surface area (Å²) in [5.74, 6) is 0. The van der Waals surface area contributed by atoms with Crippen LogP contribution in [0.25, 0.3) is 10.9 Å². The maximum Gasteiger partial charge on any atom is 0.0485 e. The zero-order valence-corrected chi connectivity index (χ0v) is 10.1. The fourth-order valence-electron chi connectivity index (χ4n) is 2.25. The predicted octanol–water partition coefficient (Wildman–Crippen LogP) is 1.74. The second-order valence-corrected chi connectivity index (χ2v) is 4.43. The fourth-order valence-corrected chi connectivity index (χ4v) is 2.25. The van der Waals surface area contributed by atoms with E-state index in [4.69, 9.17) is 5.73 Å². The quantitative estimate of drug-likeness (QED) is 0.849. The summed E-state index contributed by atoms with van der Waals surface area (Å²) in [4.78, 5) is 2.17. The standard InChI is InChI=1S/C13H19N3/c1-15(2)13(8-14)11-9-16(3)12-7-5-4-6-10(11)12/h4-7,9,13H,8,14H2,1-3H3/t13-/m1/s1. The predicted molar refractivity (Wildman–Crippen MR) is 68.4 cm³/mol. The summed E-state index contributed by atoms with van der Waals surface area (Å²) < 4.78 is 2.16. The monoisotopic (exact) mass is 217 g/mol. The van der Waals surface area contributed by atoms with Crippen LogP contribution >= 0.6 is 0 Å². The maximum absolute atomic E-state index is 5.86. The van der Waals surface area contributed by atoms with Crippen molar-refractivity contribution in [3.63, 3.8) is 0 Å². The molecule has 1 aromatic heterocycles. The number of para-hydroxylation sites is 1. The van der Waals surface area contributed by atoms with Crippen LogP contribution in [0.3, 0.4) is 0 Å². The number of nitrogens with two attached hydrogens (primary N) is 1. The number of aromatic nitrogens is 1. The van der Waals surface area contributed by atoms with Gasteiger partial charge in [-0.1, -0.05) is 18.2 Å². The van der Waals surface area contributed by atoms with Crippen LogP contribution in [0.2, 0.25) is 0 Å². The topological polar surface area (TPSA) is 34.2 Å². The van der Waals surface area contributed by atoms with E-state index in [1.165, 1.54) is 16.5 Å². The SMILES string of the molecule is CN(C)[C@H](CN)c1cn(C)c2ccccc12. The first kappa shape index (κ1) is 11.2. The largest absolute Gasteiger partial charge is 0.350 e. The van der Waals surface area contributed by atoms with Crippen LogP contribution in [-0.2, 0) is 7.05 Å². The molecule has 2 rings (SSSR count). The van der Waals surface area contributed by atoms with Crippen LogP contribution in [0.15, 0.2) is 30.5 Å². The second-order valence-electron chi connectivity index (χ2n) is 4.43. The maximum atomic E-state index is 5.86. The molecule has 2 N–H and O–H groups in total. The van der Waals surface area contributed by atoms with Gasteiger partial charge in [-0.25, -0.2) is 0 Å². The zero-order chi connectivity index (χ0) is 11.7. The van der Waals surface area contributed by atoms with Gasteiger partial charge in [0.25, 0.3) is 0 Å². The van der Waals surface area contributed by atoms with Gasteiger partial charge in [-0.05, 0) is 25.7 Å². The summed E-state index contributed by atoms with van der Waals surface area (Å²) in [6, 6.07) is 8.74. The average molecular weight is 217 g/mol. The number of fused-ring (bicyclic) bond motifs is 1. The molecule has 0 spiro atoms. The highest BCUT2D eigenvalue weighted by Gasteiger charge is 2.17. The third kappa shape index (κ3) is 1.72. The van der Waals surface area contributed by atoms with Crippen molar-refractivity contribution >= 4 is 10.9 Å².